The van der Waals surface area contributed by atoms with Crippen LogP contribution in [0.2, 0.25) is 0 Å². The molecule has 416 valence electrons. The van der Waals surface area contributed by atoms with Gasteiger partial charge in [0.15, 0.2) is 0 Å². The Morgan fingerprint density at radius 3 is 1.02 bits per heavy atom. The van der Waals surface area contributed by atoms with Crippen molar-refractivity contribution in [2.24, 2.45) is 0 Å². The van der Waals surface area contributed by atoms with Crippen molar-refractivity contribution in [3.63, 3.8) is 0 Å². The average Bonchev–Trinajstić information content (AvgIpc) is 1.80. The molecule has 0 aliphatic heterocycles. The van der Waals surface area contributed by atoms with E-state index in [4.69, 9.17) is 8.83 Å². The number of nitrogens with zero attached hydrogens (tertiary/aromatic N) is 2. The molecule has 2 aliphatic carbocycles. The van der Waals surface area contributed by atoms with Gasteiger partial charge in [-0.15, -0.1) is 0 Å². The molecule has 4 nitrogen and oxygen atoms in total. The van der Waals surface area contributed by atoms with Gasteiger partial charge in [-0.05, 0) is 208 Å². The molecule has 0 bridgehead atoms. The van der Waals surface area contributed by atoms with E-state index in [0.717, 1.165) is 88.8 Å². The zero-order chi connectivity index (χ0) is 58.6. The summed E-state index contributed by atoms with van der Waals surface area (Å²) in [5.41, 5.74) is 24.7. The van der Waals surface area contributed by atoms with Gasteiger partial charge < -0.3 is 18.6 Å². The number of anilines is 6. The largest absolute Gasteiger partial charge is 0.456 e. The third-order valence-electron chi connectivity index (χ3n) is 19.6. The summed E-state index contributed by atoms with van der Waals surface area (Å²) in [6, 6.07) is 103. The Morgan fingerprint density at radius 2 is 0.568 bits per heavy atom. The van der Waals surface area contributed by atoms with Crippen LogP contribution in [-0.4, -0.2) is 0 Å². The maximum atomic E-state index is 6.93. The zero-order valence-electron chi connectivity index (χ0n) is 49.3. The van der Waals surface area contributed by atoms with Crippen molar-refractivity contribution >= 4 is 110 Å². The predicted octanol–water partition coefficient (Wildman–Crippen LogP) is 23.8. The Balaban J connectivity index is 0.720. The third kappa shape index (κ3) is 7.71. The summed E-state index contributed by atoms with van der Waals surface area (Å²) in [6.07, 6.45) is 0. The molecule has 0 amide bonds. The molecule has 2 aromatic heterocycles. The van der Waals surface area contributed by atoms with Crippen molar-refractivity contribution in [2.45, 2.75) is 38.5 Å². The highest BCUT2D eigenvalue weighted by molar-refractivity contribution is 6.16. The molecule has 18 rings (SSSR count). The molecule has 0 N–H and O–H groups in total. The third-order valence-corrected chi connectivity index (χ3v) is 19.6. The second kappa shape index (κ2) is 18.8. The second-order valence-electron chi connectivity index (χ2n) is 25.3. The zero-order valence-corrected chi connectivity index (χ0v) is 49.3. The molecule has 0 unspecified atom stereocenters. The van der Waals surface area contributed by atoms with Crippen molar-refractivity contribution < 1.29 is 8.83 Å². The summed E-state index contributed by atoms with van der Waals surface area (Å²) in [5, 5.41) is 11.4. The number of furan rings is 2. The molecule has 0 saturated heterocycles. The van der Waals surface area contributed by atoms with Gasteiger partial charge in [0.1, 0.15) is 22.3 Å². The molecule has 0 spiro atoms. The van der Waals surface area contributed by atoms with Gasteiger partial charge in [0.2, 0.25) is 0 Å². The van der Waals surface area contributed by atoms with Crippen molar-refractivity contribution in [3.8, 4) is 44.5 Å². The summed E-state index contributed by atoms with van der Waals surface area (Å²) >= 11 is 0. The highest BCUT2D eigenvalue weighted by Crippen LogP contribution is 2.53. The molecule has 88 heavy (non-hydrogen) atoms. The molecule has 2 aliphatic rings. The van der Waals surface area contributed by atoms with Crippen LogP contribution in [0.3, 0.4) is 0 Å². The maximum Gasteiger partial charge on any atom is 0.137 e. The van der Waals surface area contributed by atoms with Gasteiger partial charge in [-0.25, -0.2) is 0 Å². The van der Waals surface area contributed by atoms with Crippen LogP contribution < -0.4 is 9.80 Å². The van der Waals surface area contributed by atoms with Gasteiger partial charge in [-0.2, -0.15) is 0 Å². The number of rotatable bonds is 8. The van der Waals surface area contributed by atoms with Crippen molar-refractivity contribution in [1.29, 1.82) is 0 Å². The van der Waals surface area contributed by atoms with Crippen LogP contribution in [0.4, 0.5) is 34.1 Å². The Kier molecular flexibility index (Phi) is 10.8. The first kappa shape index (κ1) is 50.4. The van der Waals surface area contributed by atoms with Gasteiger partial charge in [-0.1, -0.05) is 185 Å². The standard InChI is InChI=1S/C84H58N2O2/c1-83(2)75-19-11-9-17-67(75)69-37-33-63(47-77(69)83)85(61-29-25-53(26-30-61)57-23-21-51-13-5-7-15-55(51)41-57)65-35-39-71-73-43-59-44-74-72-40-36-66(50-82(72)88-80(74)46-60(59)45-79(73)87-81(71)49-65)86(64-34-38-70-68-18-10-12-20-76(68)84(3,4)78(70)48-64)62-31-27-54(28-32-62)58-24-22-52-14-6-8-16-56(52)42-58/h5-50H,1-4H3. The summed E-state index contributed by atoms with van der Waals surface area (Å²) in [6.45, 7) is 9.40. The van der Waals surface area contributed by atoms with E-state index in [1.807, 2.05) is 0 Å². The van der Waals surface area contributed by atoms with Crippen molar-refractivity contribution in [3.05, 3.63) is 301 Å². The summed E-state index contributed by atoms with van der Waals surface area (Å²) in [7, 11) is 0. The normalized spacial score (nSPS) is 13.6. The number of hydrogen-bond donors (Lipinski definition) is 0. The first-order chi connectivity index (χ1) is 43.1. The summed E-state index contributed by atoms with van der Waals surface area (Å²) < 4.78 is 13.9. The SMILES string of the molecule is CC1(C)c2ccccc2-c2ccc(N(c3ccc(-c4ccc5ccccc5c4)cc3)c3ccc4c(c3)oc3cc5cc6oc7cc(N(c8ccc(-c9ccc%10ccccc%10c9)cc8)c8ccc9c(c8)C(C)(C)c8ccccc8-9)ccc7c6cc5cc34)cc21. The lowest BCUT2D eigenvalue weighted by atomic mass is 9.82. The second-order valence-corrected chi connectivity index (χ2v) is 25.3. The summed E-state index contributed by atoms with van der Waals surface area (Å²) in [5.74, 6) is 0. The van der Waals surface area contributed by atoms with E-state index >= 15 is 0 Å². The van der Waals surface area contributed by atoms with Crippen molar-refractivity contribution in [1.82, 2.24) is 0 Å². The fourth-order valence-electron chi connectivity index (χ4n) is 14.9. The fourth-order valence-corrected chi connectivity index (χ4v) is 14.9. The molecular weight excluding hydrogens is 1070 g/mol. The van der Waals surface area contributed by atoms with Crippen molar-refractivity contribution in [2.75, 3.05) is 9.80 Å². The molecule has 16 aromatic rings. The van der Waals surface area contributed by atoms with Crippen LogP contribution in [0.15, 0.2) is 288 Å². The number of hydrogen-bond acceptors (Lipinski definition) is 4. The first-order valence-electron chi connectivity index (χ1n) is 30.6. The van der Waals surface area contributed by atoms with Crippen LogP contribution in [0.5, 0.6) is 0 Å². The quantitative estimate of drug-likeness (QED) is 0.152. The molecule has 0 fully saturated rings. The number of benzene rings is 14. The average molecular weight is 1130 g/mol. The smallest absolute Gasteiger partial charge is 0.137 e. The number of fused-ring (bicyclic) bond motifs is 15. The minimum atomic E-state index is -0.154. The summed E-state index contributed by atoms with van der Waals surface area (Å²) in [4.78, 5) is 4.76. The van der Waals surface area contributed by atoms with Crippen LogP contribution >= 0.6 is 0 Å². The van der Waals surface area contributed by atoms with Gasteiger partial charge in [0, 0.05) is 78.6 Å². The lowest BCUT2D eigenvalue weighted by molar-refractivity contribution is 0.660. The Labute approximate surface area is 510 Å². The molecular formula is C84H58N2O2. The minimum absolute atomic E-state index is 0.154. The van der Waals surface area contributed by atoms with Gasteiger partial charge in [0.05, 0.1) is 0 Å². The predicted molar refractivity (Wildman–Crippen MR) is 369 cm³/mol. The lowest BCUT2D eigenvalue weighted by Gasteiger charge is -2.28. The van der Waals surface area contributed by atoms with Gasteiger partial charge in [0.25, 0.3) is 0 Å². The van der Waals surface area contributed by atoms with E-state index < -0.39 is 0 Å². The molecule has 14 aromatic carbocycles. The van der Waals surface area contributed by atoms with E-state index in [9.17, 15) is 0 Å². The topological polar surface area (TPSA) is 32.8 Å². The van der Waals surface area contributed by atoms with E-state index in [0.29, 0.717) is 0 Å². The highest BCUT2D eigenvalue weighted by Gasteiger charge is 2.37. The van der Waals surface area contributed by atoms with Crippen LogP contribution in [0, 0.1) is 0 Å². The molecule has 0 atom stereocenters. The maximum absolute atomic E-state index is 6.93. The Hall–Kier alpha value is -10.9. The monoisotopic (exact) mass is 1130 g/mol. The molecule has 2 heterocycles. The van der Waals surface area contributed by atoms with Crippen LogP contribution in [0.1, 0.15) is 49.9 Å². The minimum Gasteiger partial charge on any atom is -0.456 e. The lowest BCUT2D eigenvalue weighted by Crippen LogP contribution is -2.16. The molecule has 4 heteroatoms. The van der Waals surface area contributed by atoms with Gasteiger partial charge in [-0.3, -0.25) is 0 Å². The molecule has 0 saturated carbocycles. The van der Waals surface area contributed by atoms with E-state index in [2.05, 4.69) is 317 Å². The van der Waals surface area contributed by atoms with Crippen LogP contribution in [0.25, 0.3) is 121 Å². The van der Waals surface area contributed by atoms with Crippen LogP contribution in [-0.2, 0) is 10.8 Å². The Morgan fingerprint density at radius 1 is 0.227 bits per heavy atom. The van der Waals surface area contributed by atoms with E-state index in [-0.39, 0.29) is 10.8 Å². The van der Waals surface area contributed by atoms with Gasteiger partial charge >= 0.3 is 0 Å². The Bertz CT molecular complexity index is 5240. The van der Waals surface area contributed by atoms with E-state index in [1.54, 1.807) is 0 Å². The fraction of sp³-hybridized carbons (Fsp3) is 0.0714. The van der Waals surface area contributed by atoms with E-state index in [1.165, 1.54) is 88.3 Å². The highest BCUT2D eigenvalue weighted by atomic mass is 16.3. The molecule has 0 radical (unpaired) electrons. The first-order valence-corrected chi connectivity index (χ1v) is 30.6.